The number of nitrogens with one attached hydrogen (secondary N) is 1. The highest BCUT2D eigenvalue weighted by Crippen LogP contribution is 2.70. The van der Waals surface area contributed by atoms with Gasteiger partial charge < -0.3 is 83.7 Å². The van der Waals surface area contributed by atoms with Crippen LogP contribution in [0.15, 0.2) is 36.0 Å². The van der Waals surface area contributed by atoms with Gasteiger partial charge in [0.15, 0.2) is 24.7 Å². The van der Waals surface area contributed by atoms with E-state index in [1.807, 2.05) is 6.92 Å². The highest BCUT2D eigenvalue weighted by Gasteiger charge is 2.69. The van der Waals surface area contributed by atoms with Crippen molar-refractivity contribution in [3.63, 3.8) is 0 Å². The number of hydrogen-bond donors (Lipinski definition) is 8. The van der Waals surface area contributed by atoms with Gasteiger partial charge in [0, 0.05) is 25.0 Å². The molecule has 8 fully saturated rings. The first-order valence-electron chi connectivity index (χ1n) is 26.7. The van der Waals surface area contributed by atoms with E-state index in [1.165, 1.54) is 18.6 Å². The van der Waals surface area contributed by atoms with Gasteiger partial charge in [0.2, 0.25) is 5.91 Å². The maximum Gasteiger partial charge on any atom is 0.244 e. The Hall–Kier alpha value is -1.95. The largest absolute Gasteiger partial charge is 0.394 e. The number of allylic oxidation sites excluding steroid dienone is 4. The van der Waals surface area contributed by atoms with Crippen LogP contribution in [0.2, 0.25) is 0 Å². The van der Waals surface area contributed by atoms with Gasteiger partial charge in [-0.15, -0.1) is 0 Å². The minimum absolute atomic E-state index is 0.00354. The Morgan fingerprint density at radius 2 is 1.52 bits per heavy atom. The standard InChI is InChI=1S/C53H83NO17/c1-8-9-10-11-37(56)54-20-21-63-45-29(5)66-49(43(61)41(45)59)69-46-36(24-55)68-50(47(44(46)62)70-48-42(60)40(58)39(57)28(4)65-48)67-31-15-17-51(6)30(22-31)12-13-32-33(51)16-18-52(7)34(32)23-35-38(52)27(3)53(71-35)19-14-26(2)25-64-53/h8-12,26-29,31-36,38-50,55,57-62H,13-25H2,1-7H3,(H,54,56)/b9-8+,11-10+/t26-,27+,28-,29-,31+,32-,33+,34+,35+,36-,38+,39-,40+,41-,42+,43+,44+,45-,46-,47-,48-,49-,50-,51+,52+,53-/m1/s1. The molecule has 3 saturated carbocycles. The summed E-state index contributed by atoms with van der Waals surface area (Å²) in [5.74, 6) is 2.23. The molecule has 0 radical (unpaired) electrons. The van der Waals surface area contributed by atoms with Crippen molar-refractivity contribution in [2.75, 3.05) is 26.4 Å². The molecule has 4 aliphatic carbocycles. The number of carbonyl (C=O) groups excluding carboxylic acids is 1. The summed E-state index contributed by atoms with van der Waals surface area (Å²) in [6.45, 7) is 14.8. The molecule has 0 bridgehead atoms. The van der Waals surface area contributed by atoms with E-state index >= 15 is 0 Å². The Balaban J connectivity index is 0.873. The van der Waals surface area contributed by atoms with Crippen molar-refractivity contribution >= 4 is 5.91 Å². The highest BCUT2D eigenvalue weighted by atomic mass is 16.8. The molecule has 71 heavy (non-hydrogen) atoms. The maximum absolute atomic E-state index is 12.2. The quantitative estimate of drug-likeness (QED) is 0.0571. The van der Waals surface area contributed by atoms with Gasteiger partial charge in [-0.25, -0.2) is 0 Å². The van der Waals surface area contributed by atoms with Gasteiger partial charge in [-0.3, -0.25) is 4.79 Å². The molecule has 18 nitrogen and oxygen atoms in total. The first-order valence-corrected chi connectivity index (χ1v) is 26.7. The van der Waals surface area contributed by atoms with Gasteiger partial charge in [0.05, 0.1) is 44.2 Å². The summed E-state index contributed by atoms with van der Waals surface area (Å²) in [6, 6.07) is 0. The van der Waals surface area contributed by atoms with Crippen LogP contribution in [0.4, 0.5) is 0 Å². The molecular formula is C53H83NO17. The van der Waals surface area contributed by atoms with Crippen LogP contribution in [0.5, 0.6) is 0 Å². The van der Waals surface area contributed by atoms with Crippen LogP contribution in [0.1, 0.15) is 106 Å². The lowest BCUT2D eigenvalue weighted by Gasteiger charge is -2.58. The zero-order chi connectivity index (χ0) is 50.7. The Morgan fingerprint density at radius 1 is 0.789 bits per heavy atom. The molecule has 5 saturated heterocycles. The first-order chi connectivity index (χ1) is 33.8. The van der Waals surface area contributed by atoms with E-state index in [2.05, 4.69) is 39.1 Å². The van der Waals surface area contributed by atoms with Crippen LogP contribution in [0.3, 0.4) is 0 Å². The summed E-state index contributed by atoms with van der Waals surface area (Å²) in [5.41, 5.74) is 1.49. The van der Waals surface area contributed by atoms with E-state index in [0.717, 1.165) is 51.6 Å². The Morgan fingerprint density at radius 3 is 2.24 bits per heavy atom. The third kappa shape index (κ3) is 10.0. The topological polar surface area (TPSA) is 254 Å². The normalized spacial score (nSPS) is 52.0. The number of amides is 1. The van der Waals surface area contributed by atoms with E-state index < -0.39 is 105 Å². The van der Waals surface area contributed by atoms with Crippen LogP contribution >= 0.6 is 0 Å². The van der Waals surface area contributed by atoms with Crippen molar-refractivity contribution in [3.05, 3.63) is 36.0 Å². The van der Waals surface area contributed by atoms with Crippen LogP contribution in [-0.4, -0.2) is 178 Å². The molecule has 0 aromatic rings. The van der Waals surface area contributed by atoms with Gasteiger partial charge in [-0.2, -0.15) is 0 Å². The monoisotopic (exact) mass is 1010 g/mol. The second-order valence-corrected chi connectivity index (χ2v) is 23.1. The minimum Gasteiger partial charge on any atom is -0.394 e. The molecule has 0 unspecified atom stereocenters. The van der Waals surface area contributed by atoms with Crippen molar-refractivity contribution in [1.29, 1.82) is 0 Å². The second kappa shape index (κ2) is 21.6. The number of ether oxygens (including phenoxy) is 9. The van der Waals surface area contributed by atoms with E-state index in [1.54, 1.807) is 25.2 Å². The van der Waals surface area contributed by atoms with Gasteiger partial charge >= 0.3 is 0 Å². The van der Waals surface area contributed by atoms with Crippen molar-refractivity contribution in [2.45, 2.75) is 216 Å². The molecule has 402 valence electrons. The number of rotatable bonds is 13. The lowest BCUT2D eigenvalue weighted by Crippen LogP contribution is -2.66. The molecular weight excluding hydrogens is 923 g/mol. The van der Waals surface area contributed by atoms with Crippen molar-refractivity contribution in [2.24, 2.45) is 46.3 Å². The van der Waals surface area contributed by atoms with E-state index in [9.17, 15) is 40.5 Å². The summed E-state index contributed by atoms with van der Waals surface area (Å²) in [7, 11) is 0. The number of aliphatic hydroxyl groups is 7. The SMILES string of the molecule is C/C=C/C=C/C(=O)NCCO[C@H]1[C@H](O)[C@H](O)[C@@H](O[C@H]2[C@H](O)[C@@H](O[C@H]3O[C@H](C)[C@@H](O)[C@H](O)[C@@H]3O)[C@H](O[C@H]3CC[C@@]4(C)C(=CC[C@H]5[C@@H]6C[C@@H]7O[C@]8(CC[C@@H](C)CO8)[C@@H](C)[C@@H]7[C@@]6(C)CC[C@@H]54)C3)O[C@@H]2CO)O[C@@H]1C. The molecule has 5 heterocycles. The van der Waals surface area contributed by atoms with Crippen molar-refractivity contribution in [1.82, 2.24) is 5.32 Å². The molecule has 9 rings (SSSR count). The van der Waals surface area contributed by atoms with Gasteiger partial charge in [0.1, 0.15) is 61.0 Å². The summed E-state index contributed by atoms with van der Waals surface area (Å²) in [4.78, 5) is 12.1. The third-order valence-electron chi connectivity index (χ3n) is 18.9. The molecule has 8 N–H and O–H groups in total. The molecule has 26 atom stereocenters. The minimum atomic E-state index is -1.73. The van der Waals surface area contributed by atoms with E-state index in [4.69, 9.17) is 42.6 Å². The predicted molar refractivity (Wildman–Crippen MR) is 253 cm³/mol. The summed E-state index contributed by atoms with van der Waals surface area (Å²) < 4.78 is 56.9. The molecule has 0 aromatic carbocycles. The van der Waals surface area contributed by atoms with Gasteiger partial charge in [0.25, 0.3) is 0 Å². The predicted octanol–water partition coefficient (Wildman–Crippen LogP) is 2.51. The fourth-order valence-corrected chi connectivity index (χ4v) is 14.9. The molecule has 9 aliphatic rings. The number of fused-ring (bicyclic) bond motifs is 7. The van der Waals surface area contributed by atoms with Gasteiger partial charge in [-0.1, -0.05) is 57.6 Å². The zero-order valence-corrected chi connectivity index (χ0v) is 42.6. The Kier molecular flexibility index (Phi) is 16.4. The second-order valence-electron chi connectivity index (χ2n) is 23.1. The molecule has 5 aliphatic heterocycles. The maximum atomic E-state index is 12.2. The number of aliphatic hydroxyl groups excluding tert-OH is 7. The summed E-state index contributed by atoms with van der Waals surface area (Å²) in [6.07, 6.45) is -3.65. The van der Waals surface area contributed by atoms with Crippen LogP contribution in [0, 0.1) is 46.3 Å². The molecule has 18 heteroatoms. The molecule has 0 aromatic heterocycles. The van der Waals surface area contributed by atoms with E-state index in [0.29, 0.717) is 48.3 Å². The Bertz CT molecular complexity index is 1930. The Labute approximate surface area is 418 Å². The summed E-state index contributed by atoms with van der Waals surface area (Å²) in [5, 5.41) is 80.4. The fourth-order valence-electron chi connectivity index (χ4n) is 14.9. The first kappa shape index (κ1) is 53.9. The van der Waals surface area contributed by atoms with Crippen LogP contribution < -0.4 is 5.32 Å². The third-order valence-corrected chi connectivity index (χ3v) is 18.9. The molecule has 1 spiro atoms. The molecule has 1 amide bonds. The summed E-state index contributed by atoms with van der Waals surface area (Å²) >= 11 is 0. The number of hydrogen-bond acceptors (Lipinski definition) is 17. The highest BCUT2D eigenvalue weighted by molar-refractivity contribution is 5.87. The van der Waals surface area contributed by atoms with Crippen molar-refractivity contribution in [3.8, 4) is 0 Å². The average molecular weight is 1010 g/mol. The zero-order valence-electron chi connectivity index (χ0n) is 42.6. The lowest BCUT2D eigenvalue weighted by atomic mass is 9.47. The van der Waals surface area contributed by atoms with Crippen molar-refractivity contribution < 1.29 is 83.2 Å². The fraction of sp³-hybridized carbons (Fsp3) is 0.868. The van der Waals surface area contributed by atoms with E-state index in [-0.39, 0.29) is 42.1 Å². The average Bonchev–Trinajstić information content (AvgIpc) is 3.79. The van der Waals surface area contributed by atoms with Crippen LogP contribution in [-0.2, 0) is 47.4 Å². The van der Waals surface area contributed by atoms with Gasteiger partial charge in [-0.05, 0) is 113 Å². The lowest BCUT2D eigenvalue weighted by molar-refractivity contribution is -0.389. The number of carbonyl (C=O) groups is 1. The van der Waals surface area contributed by atoms with Crippen LogP contribution in [0.25, 0.3) is 0 Å². The smallest absolute Gasteiger partial charge is 0.244 e.